The Hall–Kier alpha value is -1.64. The number of rotatable bonds is 8. The SMILES string of the molecule is COc1ccc(S(=O)(=O)N2CCCC(C(=O)NCCCN(C)C)C2)cc1. The molecule has 0 saturated carbocycles. The Morgan fingerprint density at radius 1 is 1.31 bits per heavy atom. The molecule has 1 atom stereocenters. The van der Waals surface area contributed by atoms with E-state index in [1.54, 1.807) is 24.3 Å². The first kappa shape index (κ1) is 20.7. The van der Waals surface area contributed by atoms with E-state index in [0.717, 1.165) is 13.0 Å². The maximum absolute atomic E-state index is 12.8. The van der Waals surface area contributed by atoms with E-state index in [2.05, 4.69) is 10.2 Å². The van der Waals surface area contributed by atoms with Gasteiger partial charge in [-0.1, -0.05) is 0 Å². The van der Waals surface area contributed by atoms with Gasteiger partial charge in [0.2, 0.25) is 15.9 Å². The van der Waals surface area contributed by atoms with Crippen LogP contribution >= 0.6 is 0 Å². The second kappa shape index (κ2) is 9.34. The summed E-state index contributed by atoms with van der Waals surface area (Å²) in [5, 5.41) is 2.93. The van der Waals surface area contributed by atoms with E-state index >= 15 is 0 Å². The van der Waals surface area contributed by atoms with E-state index in [-0.39, 0.29) is 23.3 Å². The molecule has 0 bridgehead atoms. The third-order valence-corrected chi connectivity index (χ3v) is 6.41. The number of methoxy groups -OCH3 is 1. The Kier molecular flexibility index (Phi) is 7.43. The van der Waals surface area contributed by atoms with Crippen molar-refractivity contribution < 1.29 is 17.9 Å². The van der Waals surface area contributed by atoms with E-state index in [0.29, 0.717) is 31.7 Å². The van der Waals surface area contributed by atoms with Crippen LogP contribution in [0.1, 0.15) is 19.3 Å². The molecule has 1 aromatic carbocycles. The van der Waals surface area contributed by atoms with Crippen molar-refractivity contribution >= 4 is 15.9 Å². The highest BCUT2D eigenvalue weighted by Gasteiger charge is 2.33. The maximum atomic E-state index is 12.8. The Labute approximate surface area is 156 Å². The number of amides is 1. The minimum Gasteiger partial charge on any atom is -0.497 e. The summed E-state index contributed by atoms with van der Waals surface area (Å²) in [6.07, 6.45) is 2.28. The molecule has 0 aliphatic carbocycles. The zero-order chi connectivity index (χ0) is 19.2. The predicted molar refractivity (Wildman–Crippen MR) is 101 cm³/mol. The van der Waals surface area contributed by atoms with Crippen LogP contribution < -0.4 is 10.1 Å². The molecule has 26 heavy (non-hydrogen) atoms. The number of nitrogens with zero attached hydrogens (tertiary/aromatic N) is 2. The molecule has 146 valence electrons. The number of benzene rings is 1. The Morgan fingerprint density at radius 3 is 2.62 bits per heavy atom. The summed E-state index contributed by atoms with van der Waals surface area (Å²) < 4.78 is 32.2. The molecule has 0 radical (unpaired) electrons. The van der Waals surface area contributed by atoms with Gasteiger partial charge in [0, 0.05) is 19.6 Å². The highest BCUT2D eigenvalue weighted by molar-refractivity contribution is 7.89. The van der Waals surface area contributed by atoms with Crippen LogP contribution in [0.2, 0.25) is 0 Å². The van der Waals surface area contributed by atoms with E-state index in [4.69, 9.17) is 4.74 Å². The maximum Gasteiger partial charge on any atom is 0.243 e. The minimum atomic E-state index is -3.60. The molecule has 1 amide bonds. The fourth-order valence-corrected chi connectivity index (χ4v) is 4.55. The summed E-state index contributed by atoms with van der Waals surface area (Å²) >= 11 is 0. The van der Waals surface area contributed by atoms with E-state index in [9.17, 15) is 13.2 Å². The molecule has 0 spiro atoms. The molecule has 2 rings (SSSR count). The first-order chi connectivity index (χ1) is 12.3. The van der Waals surface area contributed by atoms with Crippen LogP contribution in [0.5, 0.6) is 5.75 Å². The van der Waals surface area contributed by atoms with Crippen LogP contribution in [0.4, 0.5) is 0 Å². The lowest BCUT2D eigenvalue weighted by atomic mass is 9.99. The van der Waals surface area contributed by atoms with Crippen molar-refractivity contribution in [1.82, 2.24) is 14.5 Å². The van der Waals surface area contributed by atoms with Gasteiger partial charge in [0.05, 0.1) is 17.9 Å². The van der Waals surface area contributed by atoms with Gasteiger partial charge >= 0.3 is 0 Å². The van der Waals surface area contributed by atoms with Crippen LogP contribution in [0.25, 0.3) is 0 Å². The standard InChI is InChI=1S/C18H29N3O4S/c1-20(2)12-5-11-19-18(22)15-6-4-13-21(14-15)26(23,24)17-9-7-16(25-3)8-10-17/h7-10,15H,4-6,11-14H2,1-3H3,(H,19,22). The topological polar surface area (TPSA) is 79.0 Å². The molecule has 1 heterocycles. The number of sulfonamides is 1. The van der Waals surface area contributed by atoms with Gasteiger partial charge in [0.1, 0.15) is 5.75 Å². The lowest BCUT2D eigenvalue weighted by molar-refractivity contribution is -0.126. The van der Waals surface area contributed by atoms with E-state index in [1.165, 1.54) is 11.4 Å². The van der Waals surface area contributed by atoms with Gasteiger partial charge in [-0.2, -0.15) is 4.31 Å². The van der Waals surface area contributed by atoms with Crippen molar-refractivity contribution in [2.24, 2.45) is 5.92 Å². The normalized spacial score (nSPS) is 18.7. The first-order valence-electron chi connectivity index (χ1n) is 8.91. The molecule has 1 N–H and O–H groups in total. The number of piperidine rings is 1. The van der Waals surface area contributed by atoms with Crippen LogP contribution in [-0.2, 0) is 14.8 Å². The Balaban J connectivity index is 1.96. The zero-order valence-electron chi connectivity index (χ0n) is 15.8. The van der Waals surface area contributed by atoms with Gasteiger partial charge < -0.3 is 15.0 Å². The summed E-state index contributed by atoms with van der Waals surface area (Å²) in [6.45, 7) is 2.19. The van der Waals surface area contributed by atoms with Crippen LogP contribution in [-0.4, -0.2) is 70.9 Å². The van der Waals surface area contributed by atoms with Gasteiger partial charge in [0.25, 0.3) is 0 Å². The average molecular weight is 384 g/mol. The summed E-state index contributed by atoms with van der Waals surface area (Å²) in [7, 11) is 1.92. The van der Waals surface area contributed by atoms with Crippen molar-refractivity contribution in [2.75, 3.05) is 47.4 Å². The second-order valence-electron chi connectivity index (χ2n) is 6.83. The van der Waals surface area contributed by atoms with Crippen molar-refractivity contribution in [3.63, 3.8) is 0 Å². The third kappa shape index (κ3) is 5.43. The van der Waals surface area contributed by atoms with Crippen molar-refractivity contribution in [2.45, 2.75) is 24.2 Å². The molecule has 1 aromatic rings. The fraction of sp³-hybridized carbons (Fsp3) is 0.611. The lowest BCUT2D eigenvalue weighted by Crippen LogP contribution is -2.45. The number of hydrogen-bond acceptors (Lipinski definition) is 5. The lowest BCUT2D eigenvalue weighted by Gasteiger charge is -2.31. The molecular formula is C18H29N3O4S. The van der Waals surface area contributed by atoms with Gasteiger partial charge in [-0.25, -0.2) is 8.42 Å². The summed E-state index contributed by atoms with van der Waals surface area (Å²) in [4.78, 5) is 14.7. The van der Waals surface area contributed by atoms with Crippen LogP contribution in [0.3, 0.4) is 0 Å². The molecule has 8 heteroatoms. The number of carbonyl (C=O) groups excluding carboxylic acids is 1. The van der Waals surface area contributed by atoms with Gasteiger partial charge in [0.15, 0.2) is 0 Å². The Bertz CT molecular complexity index is 689. The Morgan fingerprint density at radius 2 is 2.00 bits per heavy atom. The first-order valence-corrected chi connectivity index (χ1v) is 10.3. The predicted octanol–water partition coefficient (Wildman–Crippen LogP) is 1.16. The molecule has 1 fully saturated rings. The van der Waals surface area contributed by atoms with Gasteiger partial charge in [-0.05, 0) is 64.2 Å². The number of nitrogens with one attached hydrogen (secondary N) is 1. The molecule has 1 saturated heterocycles. The molecule has 1 aliphatic heterocycles. The average Bonchev–Trinajstić information content (AvgIpc) is 2.65. The quantitative estimate of drug-likeness (QED) is 0.682. The molecule has 0 aromatic heterocycles. The van der Waals surface area contributed by atoms with Gasteiger partial charge in [-0.3, -0.25) is 4.79 Å². The summed E-state index contributed by atoms with van der Waals surface area (Å²) in [5.74, 6) is 0.257. The van der Waals surface area contributed by atoms with Crippen molar-refractivity contribution in [3.8, 4) is 5.75 Å². The molecular weight excluding hydrogens is 354 g/mol. The van der Waals surface area contributed by atoms with E-state index in [1.807, 2.05) is 14.1 Å². The summed E-state index contributed by atoms with van der Waals surface area (Å²) in [5.41, 5.74) is 0. The van der Waals surface area contributed by atoms with Crippen LogP contribution in [0, 0.1) is 5.92 Å². The number of ether oxygens (including phenoxy) is 1. The van der Waals surface area contributed by atoms with E-state index < -0.39 is 10.0 Å². The molecule has 1 unspecified atom stereocenters. The minimum absolute atomic E-state index is 0.0570. The largest absolute Gasteiger partial charge is 0.497 e. The summed E-state index contributed by atoms with van der Waals surface area (Å²) in [6, 6.07) is 6.34. The highest BCUT2D eigenvalue weighted by Crippen LogP contribution is 2.25. The number of carbonyl (C=O) groups is 1. The second-order valence-corrected chi connectivity index (χ2v) is 8.76. The molecule has 1 aliphatic rings. The van der Waals surface area contributed by atoms with Crippen LogP contribution in [0.15, 0.2) is 29.2 Å². The third-order valence-electron chi connectivity index (χ3n) is 4.53. The molecule has 7 nitrogen and oxygen atoms in total. The van der Waals surface area contributed by atoms with Crippen molar-refractivity contribution in [1.29, 1.82) is 0 Å². The van der Waals surface area contributed by atoms with Gasteiger partial charge in [-0.15, -0.1) is 0 Å². The van der Waals surface area contributed by atoms with Crippen molar-refractivity contribution in [3.05, 3.63) is 24.3 Å². The fourth-order valence-electron chi connectivity index (χ4n) is 3.02. The zero-order valence-corrected chi connectivity index (χ0v) is 16.6. The smallest absolute Gasteiger partial charge is 0.243 e. The highest BCUT2D eigenvalue weighted by atomic mass is 32.2. The number of hydrogen-bond donors (Lipinski definition) is 1. The monoisotopic (exact) mass is 383 g/mol.